The molecule has 0 unspecified atom stereocenters. The number of nitrogens with zero attached hydrogens (tertiary/aromatic N) is 2. The zero-order chi connectivity index (χ0) is 13.1. The van der Waals surface area contributed by atoms with Gasteiger partial charge in [0.25, 0.3) is 0 Å². The van der Waals surface area contributed by atoms with Crippen LogP contribution in [0, 0.1) is 13.8 Å². The van der Waals surface area contributed by atoms with Crippen LogP contribution in [0.1, 0.15) is 18.3 Å². The van der Waals surface area contributed by atoms with Crippen molar-refractivity contribution in [1.82, 2.24) is 9.97 Å². The summed E-state index contributed by atoms with van der Waals surface area (Å²) in [6, 6.07) is 8.11. The standard InChI is InChI=1S/C14H16BrN3/c1-4-16-14-13(17-9(2)10(3)18-14)11-6-5-7-12(15)8-11/h5-8H,4H2,1-3H3,(H,16,18). The molecule has 0 fully saturated rings. The summed E-state index contributed by atoms with van der Waals surface area (Å²) in [5, 5.41) is 3.27. The van der Waals surface area contributed by atoms with E-state index >= 15 is 0 Å². The number of aromatic nitrogens is 2. The fourth-order valence-corrected chi connectivity index (χ4v) is 2.13. The number of hydrogen-bond donors (Lipinski definition) is 1. The molecule has 1 aromatic heterocycles. The lowest BCUT2D eigenvalue weighted by molar-refractivity contribution is 1.03. The Kier molecular flexibility index (Phi) is 3.97. The van der Waals surface area contributed by atoms with Gasteiger partial charge in [-0.1, -0.05) is 28.1 Å². The number of anilines is 1. The molecule has 1 aromatic carbocycles. The van der Waals surface area contributed by atoms with Gasteiger partial charge in [-0.05, 0) is 32.9 Å². The Hall–Kier alpha value is -1.42. The molecule has 0 aliphatic heterocycles. The van der Waals surface area contributed by atoms with Crippen LogP contribution in [0.3, 0.4) is 0 Å². The second-order valence-corrected chi connectivity index (χ2v) is 5.05. The first-order valence-corrected chi connectivity index (χ1v) is 6.76. The van der Waals surface area contributed by atoms with E-state index in [0.29, 0.717) is 0 Å². The average molecular weight is 306 g/mol. The smallest absolute Gasteiger partial charge is 0.152 e. The zero-order valence-electron chi connectivity index (χ0n) is 10.8. The molecular weight excluding hydrogens is 290 g/mol. The van der Waals surface area contributed by atoms with E-state index in [1.807, 2.05) is 32.0 Å². The van der Waals surface area contributed by atoms with Crippen molar-refractivity contribution < 1.29 is 0 Å². The van der Waals surface area contributed by atoms with Gasteiger partial charge in [0.1, 0.15) is 5.69 Å². The number of rotatable bonds is 3. The van der Waals surface area contributed by atoms with Crippen LogP contribution in [0.15, 0.2) is 28.7 Å². The Balaban J connectivity index is 2.58. The maximum absolute atomic E-state index is 4.66. The first kappa shape index (κ1) is 13.0. The van der Waals surface area contributed by atoms with Gasteiger partial charge in [0.15, 0.2) is 5.82 Å². The molecule has 4 heteroatoms. The van der Waals surface area contributed by atoms with E-state index in [4.69, 9.17) is 0 Å². The van der Waals surface area contributed by atoms with Gasteiger partial charge < -0.3 is 5.32 Å². The molecule has 94 valence electrons. The first-order chi connectivity index (χ1) is 8.61. The van der Waals surface area contributed by atoms with Crippen LogP contribution in [0.5, 0.6) is 0 Å². The molecule has 3 nitrogen and oxygen atoms in total. The van der Waals surface area contributed by atoms with Crippen molar-refractivity contribution in [1.29, 1.82) is 0 Å². The maximum atomic E-state index is 4.66. The predicted molar refractivity (Wildman–Crippen MR) is 78.8 cm³/mol. The molecule has 2 rings (SSSR count). The number of aryl methyl sites for hydroxylation is 2. The monoisotopic (exact) mass is 305 g/mol. The van der Waals surface area contributed by atoms with E-state index in [0.717, 1.165) is 39.5 Å². The summed E-state index contributed by atoms with van der Waals surface area (Å²) in [6.07, 6.45) is 0. The van der Waals surface area contributed by atoms with Gasteiger partial charge in [-0.15, -0.1) is 0 Å². The largest absolute Gasteiger partial charge is 0.369 e. The van der Waals surface area contributed by atoms with Crippen molar-refractivity contribution in [3.63, 3.8) is 0 Å². The number of hydrogen-bond acceptors (Lipinski definition) is 3. The Morgan fingerprint density at radius 2 is 1.89 bits per heavy atom. The minimum Gasteiger partial charge on any atom is -0.369 e. The zero-order valence-corrected chi connectivity index (χ0v) is 12.4. The summed E-state index contributed by atoms with van der Waals surface area (Å²) in [6.45, 7) is 6.85. The highest BCUT2D eigenvalue weighted by Gasteiger charge is 2.10. The van der Waals surface area contributed by atoms with E-state index in [2.05, 4.69) is 44.2 Å². The molecule has 2 aromatic rings. The van der Waals surface area contributed by atoms with Crippen molar-refractivity contribution in [2.75, 3.05) is 11.9 Å². The van der Waals surface area contributed by atoms with Crippen LogP contribution in [0.25, 0.3) is 11.3 Å². The third-order valence-electron chi connectivity index (χ3n) is 2.75. The van der Waals surface area contributed by atoms with E-state index in [-0.39, 0.29) is 0 Å². The van der Waals surface area contributed by atoms with Gasteiger partial charge in [0, 0.05) is 16.6 Å². The Morgan fingerprint density at radius 3 is 2.56 bits per heavy atom. The number of halogens is 1. The molecule has 1 heterocycles. The van der Waals surface area contributed by atoms with Crippen LogP contribution in [-0.2, 0) is 0 Å². The molecule has 0 saturated heterocycles. The van der Waals surface area contributed by atoms with Crippen LogP contribution in [0.2, 0.25) is 0 Å². The van der Waals surface area contributed by atoms with Crippen molar-refractivity contribution in [2.45, 2.75) is 20.8 Å². The molecule has 0 radical (unpaired) electrons. The van der Waals surface area contributed by atoms with Gasteiger partial charge in [0.05, 0.1) is 11.4 Å². The highest BCUT2D eigenvalue weighted by Crippen LogP contribution is 2.27. The van der Waals surface area contributed by atoms with Crippen molar-refractivity contribution in [3.05, 3.63) is 40.1 Å². The van der Waals surface area contributed by atoms with Crippen molar-refractivity contribution in [2.24, 2.45) is 0 Å². The second kappa shape index (κ2) is 5.48. The normalized spacial score (nSPS) is 10.4. The highest BCUT2D eigenvalue weighted by molar-refractivity contribution is 9.10. The maximum Gasteiger partial charge on any atom is 0.152 e. The molecule has 0 atom stereocenters. The summed E-state index contributed by atoms with van der Waals surface area (Å²) >= 11 is 3.49. The molecule has 18 heavy (non-hydrogen) atoms. The van der Waals surface area contributed by atoms with Gasteiger partial charge in [-0.25, -0.2) is 9.97 Å². The van der Waals surface area contributed by atoms with Crippen LogP contribution in [0.4, 0.5) is 5.82 Å². The molecule has 0 saturated carbocycles. The lowest BCUT2D eigenvalue weighted by Gasteiger charge is -2.12. The van der Waals surface area contributed by atoms with Gasteiger partial charge >= 0.3 is 0 Å². The molecule has 0 aliphatic rings. The fourth-order valence-electron chi connectivity index (χ4n) is 1.73. The average Bonchev–Trinajstić information content (AvgIpc) is 2.34. The SMILES string of the molecule is CCNc1nc(C)c(C)nc1-c1cccc(Br)c1. The minimum absolute atomic E-state index is 0.832. The van der Waals surface area contributed by atoms with Crippen molar-refractivity contribution in [3.8, 4) is 11.3 Å². The summed E-state index contributed by atoms with van der Waals surface area (Å²) in [5.74, 6) is 0.846. The topological polar surface area (TPSA) is 37.8 Å². The lowest BCUT2D eigenvalue weighted by atomic mass is 10.1. The van der Waals surface area contributed by atoms with Crippen LogP contribution < -0.4 is 5.32 Å². The van der Waals surface area contributed by atoms with Gasteiger partial charge in [0.2, 0.25) is 0 Å². The molecule has 0 bridgehead atoms. The summed E-state index contributed by atoms with van der Waals surface area (Å²) in [5.41, 5.74) is 3.90. The predicted octanol–water partition coefficient (Wildman–Crippen LogP) is 3.95. The summed E-state index contributed by atoms with van der Waals surface area (Å²) in [4.78, 5) is 9.24. The van der Waals surface area contributed by atoms with E-state index in [1.165, 1.54) is 0 Å². The summed E-state index contributed by atoms with van der Waals surface area (Å²) in [7, 11) is 0. The molecule has 0 aliphatic carbocycles. The molecule has 1 N–H and O–H groups in total. The third kappa shape index (κ3) is 2.70. The highest BCUT2D eigenvalue weighted by atomic mass is 79.9. The minimum atomic E-state index is 0.832. The van der Waals surface area contributed by atoms with E-state index in [1.54, 1.807) is 0 Å². The Labute approximate surface area is 116 Å². The second-order valence-electron chi connectivity index (χ2n) is 4.13. The quantitative estimate of drug-likeness (QED) is 0.933. The van der Waals surface area contributed by atoms with Gasteiger partial charge in [-0.3, -0.25) is 0 Å². The molecule has 0 spiro atoms. The molecular formula is C14H16BrN3. The first-order valence-electron chi connectivity index (χ1n) is 5.97. The Bertz CT molecular complexity index is 567. The van der Waals surface area contributed by atoms with Gasteiger partial charge in [-0.2, -0.15) is 0 Å². The number of nitrogens with one attached hydrogen (secondary N) is 1. The summed E-state index contributed by atoms with van der Waals surface area (Å²) < 4.78 is 1.04. The molecule has 0 amide bonds. The van der Waals surface area contributed by atoms with Crippen LogP contribution >= 0.6 is 15.9 Å². The van der Waals surface area contributed by atoms with Crippen LogP contribution in [-0.4, -0.2) is 16.5 Å². The Morgan fingerprint density at radius 1 is 1.17 bits per heavy atom. The third-order valence-corrected chi connectivity index (χ3v) is 3.24. The number of benzene rings is 1. The lowest BCUT2D eigenvalue weighted by Crippen LogP contribution is -2.06. The van der Waals surface area contributed by atoms with E-state index in [9.17, 15) is 0 Å². The van der Waals surface area contributed by atoms with Crippen molar-refractivity contribution >= 4 is 21.7 Å². The van der Waals surface area contributed by atoms with E-state index < -0.39 is 0 Å². The fraction of sp³-hybridized carbons (Fsp3) is 0.286.